The topological polar surface area (TPSA) is 18.5 Å². The van der Waals surface area contributed by atoms with E-state index in [2.05, 4.69) is 52.0 Å². The Labute approximate surface area is 156 Å². The maximum absolute atomic E-state index is 5.32. The van der Waals surface area contributed by atoms with E-state index >= 15 is 0 Å². The van der Waals surface area contributed by atoms with Crippen molar-refractivity contribution in [2.45, 2.75) is 27.7 Å². The summed E-state index contributed by atoms with van der Waals surface area (Å²) in [5.74, 6) is 1.75. The number of ether oxygens (including phenoxy) is 2. The number of hydrogen-bond acceptors (Lipinski definition) is 2. The maximum atomic E-state index is 5.32. The first kappa shape index (κ1) is 18.1. The minimum absolute atomic E-state index is 0.876. The first-order valence-electron chi connectivity index (χ1n) is 8.87. The van der Waals surface area contributed by atoms with Gasteiger partial charge in [-0.2, -0.15) is 0 Å². The SMILES string of the molecule is COc1ccc(C2=C(c3ccc(OC)cc3)C(=C(C)C)C2=C(C)C)cc1. The van der Waals surface area contributed by atoms with Gasteiger partial charge in [-0.3, -0.25) is 0 Å². The Morgan fingerprint density at radius 2 is 0.846 bits per heavy atom. The first-order chi connectivity index (χ1) is 12.5. The Balaban J connectivity index is 2.24. The molecule has 1 aliphatic carbocycles. The second-order valence-electron chi connectivity index (χ2n) is 6.96. The molecule has 2 aromatic rings. The lowest BCUT2D eigenvalue weighted by Crippen LogP contribution is -2.14. The summed E-state index contributed by atoms with van der Waals surface area (Å²) >= 11 is 0. The average molecular weight is 346 g/mol. The Kier molecular flexibility index (Phi) is 5.03. The van der Waals surface area contributed by atoms with Crippen LogP contribution in [0.4, 0.5) is 0 Å². The minimum Gasteiger partial charge on any atom is -0.497 e. The summed E-state index contributed by atoms with van der Waals surface area (Å²) in [6.07, 6.45) is 0. The summed E-state index contributed by atoms with van der Waals surface area (Å²) in [7, 11) is 3.40. The molecule has 26 heavy (non-hydrogen) atoms. The van der Waals surface area contributed by atoms with Crippen LogP contribution in [0.5, 0.6) is 11.5 Å². The van der Waals surface area contributed by atoms with Crippen molar-refractivity contribution in [1.29, 1.82) is 0 Å². The van der Waals surface area contributed by atoms with E-state index in [0.717, 1.165) is 11.5 Å². The molecule has 134 valence electrons. The van der Waals surface area contributed by atoms with Gasteiger partial charge in [0.2, 0.25) is 0 Å². The van der Waals surface area contributed by atoms with Gasteiger partial charge in [-0.05, 0) is 85.4 Å². The fraction of sp³-hybridized carbons (Fsp3) is 0.250. The van der Waals surface area contributed by atoms with E-state index < -0.39 is 0 Å². The highest BCUT2D eigenvalue weighted by atomic mass is 16.5. The van der Waals surface area contributed by atoms with Gasteiger partial charge in [0.15, 0.2) is 0 Å². The second kappa shape index (κ2) is 7.25. The highest BCUT2D eigenvalue weighted by Crippen LogP contribution is 2.53. The molecule has 2 aromatic carbocycles. The van der Waals surface area contributed by atoms with Crippen LogP contribution in [0, 0.1) is 0 Å². The predicted molar refractivity (Wildman–Crippen MR) is 110 cm³/mol. The maximum Gasteiger partial charge on any atom is 0.118 e. The zero-order valence-electron chi connectivity index (χ0n) is 16.4. The molecular weight excluding hydrogens is 320 g/mol. The molecule has 2 nitrogen and oxygen atoms in total. The summed E-state index contributed by atoms with van der Waals surface area (Å²) < 4.78 is 10.6. The summed E-state index contributed by atoms with van der Waals surface area (Å²) in [4.78, 5) is 0. The van der Waals surface area contributed by atoms with Crippen LogP contribution in [0.15, 0.2) is 70.8 Å². The molecule has 0 fully saturated rings. The van der Waals surface area contributed by atoms with E-state index in [-0.39, 0.29) is 0 Å². The summed E-state index contributed by atoms with van der Waals surface area (Å²) in [5.41, 5.74) is 10.5. The van der Waals surface area contributed by atoms with Crippen molar-refractivity contribution < 1.29 is 9.47 Å². The lowest BCUT2D eigenvalue weighted by atomic mass is 9.68. The van der Waals surface area contributed by atoms with Crippen molar-refractivity contribution in [2.24, 2.45) is 0 Å². The van der Waals surface area contributed by atoms with Crippen LogP contribution in [0.25, 0.3) is 11.1 Å². The molecule has 1 aliphatic rings. The highest BCUT2D eigenvalue weighted by molar-refractivity contribution is 6.18. The molecular formula is C24H26O2. The lowest BCUT2D eigenvalue weighted by molar-refractivity contribution is 0.414. The summed E-state index contributed by atoms with van der Waals surface area (Å²) in [5, 5.41) is 0. The van der Waals surface area contributed by atoms with Gasteiger partial charge >= 0.3 is 0 Å². The largest absolute Gasteiger partial charge is 0.497 e. The van der Waals surface area contributed by atoms with E-state index in [0.29, 0.717) is 0 Å². The average Bonchev–Trinajstić information content (AvgIpc) is 2.61. The van der Waals surface area contributed by atoms with Gasteiger partial charge in [0.05, 0.1) is 14.2 Å². The van der Waals surface area contributed by atoms with E-state index in [1.165, 1.54) is 44.6 Å². The zero-order valence-corrected chi connectivity index (χ0v) is 16.4. The third-order valence-electron chi connectivity index (χ3n) is 4.76. The van der Waals surface area contributed by atoms with Crippen molar-refractivity contribution in [1.82, 2.24) is 0 Å². The standard InChI is InChI=1S/C24H26O2/c1-15(2)21-22(16(3)4)24(18-9-13-20(26-6)14-10-18)23(21)17-7-11-19(25-5)12-8-17/h7-14H,1-6H3. The smallest absolute Gasteiger partial charge is 0.118 e. The molecule has 3 rings (SSSR count). The lowest BCUT2D eigenvalue weighted by Gasteiger charge is -2.34. The summed E-state index contributed by atoms with van der Waals surface area (Å²) in [6, 6.07) is 16.7. The molecule has 0 saturated heterocycles. The number of benzene rings is 2. The van der Waals surface area contributed by atoms with Crippen LogP contribution in [-0.4, -0.2) is 14.2 Å². The number of methoxy groups -OCH3 is 2. The molecule has 0 unspecified atom stereocenters. The molecule has 0 spiro atoms. The molecule has 0 radical (unpaired) electrons. The Bertz CT molecular complexity index is 822. The Hall–Kier alpha value is -2.74. The molecule has 0 aromatic heterocycles. The van der Waals surface area contributed by atoms with E-state index in [9.17, 15) is 0 Å². The molecule has 0 N–H and O–H groups in total. The normalized spacial score (nSPS) is 13.5. The van der Waals surface area contributed by atoms with E-state index in [4.69, 9.17) is 9.47 Å². The van der Waals surface area contributed by atoms with Crippen molar-refractivity contribution >= 4 is 11.1 Å². The fourth-order valence-corrected chi connectivity index (χ4v) is 3.53. The van der Waals surface area contributed by atoms with Crippen LogP contribution >= 0.6 is 0 Å². The molecule has 0 amide bonds. The Morgan fingerprint density at radius 3 is 1.08 bits per heavy atom. The van der Waals surface area contributed by atoms with Crippen LogP contribution in [0.3, 0.4) is 0 Å². The molecule has 2 heteroatoms. The van der Waals surface area contributed by atoms with Gasteiger partial charge in [-0.25, -0.2) is 0 Å². The molecule has 0 bridgehead atoms. The predicted octanol–water partition coefficient (Wildman–Crippen LogP) is 6.30. The van der Waals surface area contributed by atoms with Crippen molar-refractivity contribution in [3.05, 3.63) is 82.0 Å². The van der Waals surface area contributed by atoms with E-state index in [1.807, 2.05) is 24.3 Å². The summed E-state index contributed by atoms with van der Waals surface area (Å²) in [6.45, 7) is 8.75. The number of hydrogen-bond donors (Lipinski definition) is 0. The second-order valence-corrected chi connectivity index (χ2v) is 6.96. The fourth-order valence-electron chi connectivity index (χ4n) is 3.53. The molecule has 0 aliphatic heterocycles. The monoisotopic (exact) mass is 346 g/mol. The molecule has 0 heterocycles. The van der Waals surface area contributed by atoms with Gasteiger partial charge < -0.3 is 9.47 Å². The third kappa shape index (κ3) is 3.08. The highest BCUT2D eigenvalue weighted by Gasteiger charge is 2.32. The number of rotatable bonds is 4. The van der Waals surface area contributed by atoms with Gasteiger partial charge in [0.1, 0.15) is 11.5 Å². The van der Waals surface area contributed by atoms with E-state index in [1.54, 1.807) is 14.2 Å². The molecule has 0 atom stereocenters. The van der Waals surface area contributed by atoms with Crippen molar-refractivity contribution in [2.75, 3.05) is 14.2 Å². The first-order valence-corrected chi connectivity index (χ1v) is 8.87. The molecule has 0 saturated carbocycles. The van der Waals surface area contributed by atoms with Crippen LogP contribution < -0.4 is 9.47 Å². The van der Waals surface area contributed by atoms with Gasteiger partial charge in [0, 0.05) is 0 Å². The van der Waals surface area contributed by atoms with Crippen LogP contribution in [0.1, 0.15) is 38.8 Å². The van der Waals surface area contributed by atoms with Crippen molar-refractivity contribution in [3.8, 4) is 11.5 Å². The van der Waals surface area contributed by atoms with Gasteiger partial charge in [-0.1, -0.05) is 35.4 Å². The number of allylic oxidation sites excluding steroid dienone is 6. The Morgan fingerprint density at radius 1 is 0.538 bits per heavy atom. The van der Waals surface area contributed by atoms with Crippen LogP contribution in [-0.2, 0) is 0 Å². The third-order valence-corrected chi connectivity index (χ3v) is 4.76. The minimum atomic E-state index is 0.876. The quantitative estimate of drug-likeness (QED) is 0.646. The van der Waals surface area contributed by atoms with Crippen molar-refractivity contribution in [3.63, 3.8) is 0 Å². The van der Waals surface area contributed by atoms with Gasteiger partial charge in [0.25, 0.3) is 0 Å². The van der Waals surface area contributed by atoms with Gasteiger partial charge in [-0.15, -0.1) is 0 Å². The van der Waals surface area contributed by atoms with Crippen LogP contribution in [0.2, 0.25) is 0 Å². The zero-order chi connectivity index (χ0) is 18.8.